The molecule has 1 aromatic heterocycles. The maximum absolute atomic E-state index is 12.3. The number of aromatic nitrogens is 1. The fraction of sp³-hybridized carbons (Fsp3) is 0.647. The number of amides is 1. The molecule has 0 aliphatic carbocycles. The Morgan fingerprint density at radius 2 is 1.55 bits per heavy atom. The van der Waals surface area contributed by atoms with Crippen molar-refractivity contribution in [3.8, 4) is 0 Å². The lowest BCUT2D eigenvalue weighted by Gasteiger charge is -2.36. The first-order chi connectivity index (χ1) is 10.8. The van der Waals surface area contributed by atoms with E-state index in [1.807, 2.05) is 17.3 Å². The molecule has 0 atom stereocenters. The van der Waals surface area contributed by atoms with Crippen molar-refractivity contribution in [3.05, 3.63) is 30.1 Å². The molecule has 5 nitrogen and oxygen atoms in total. The Balaban J connectivity index is 1.40. The van der Waals surface area contributed by atoms with Crippen molar-refractivity contribution in [1.82, 2.24) is 19.7 Å². The highest BCUT2D eigenvalue weighted by Gasteiger charge is 2.22. The minimum Gasteiger partial charge on any atom is -0.342 e. The highest BCUT2D eigenvalue weighted by Crippen LogP contribution is 2.11. The van der Waals surface area contributed by atoms with Gasteiger partial charge in [-0.1, -0.05) is 0 Å². The molecule has 0 N–H and O–H groups in total. The van der Waals surface area contributed by atoms with Crippen LogP contribution in [-0.2, 0) is 11.3 Å². The first kappa shape index (κ1) is 15.4. The first-order valence-electron chi connectivity index (χ1n) is 8.43. The fourth-order valence-electron chi connectivity index (χ4n) is 3.29. The standard InChI is InChI=1S/C17H26N4O/c22-17(21-8-2-1-3-9-21)15-20-12-10-19(11-13-20)14-16-4-6-18-7-5-16/h4-7H,1-3,8-15H2. The molecule has 22 heavy (non-hydrogen) atoms. The largest absolute Gasteiger partial charge is 0.342 e. The Kier molecular flexibility index (Phi) is 5.40. The van der Waals surface area contributed by atoms with Gasteiger partial charge in [-0.2, -0.15) is 0 Å². The van der Waals surface area contributed by atoms with Crippen molar-refractivity contribution in [2.75, 3.05) is 45.8 Å². The maximum Gasteiger partial charge on any atom is 0.236 e. The highest BCUT2D eigenvalue weighted by atomic mass is 16.2. The third kappa shape index (κ3) is 4.27. The van der Waals surface area contributed by atoms with Gasteiger partial charge in [0, 0.05) is 58.2 Å². The molecular formula is C17H26N4O. The van der Waals surface area contributed by atoms with Crippen molar-refractivity contribution >= 4 is 5.91 Å². The minimum absolute atomic E-state index is 0.322. The molecular weight excluding hydrogens is 276 g/mol. The number of carbonyl (C=O) groups excluding carboxylic acids is 1. The average molecular weight is 302 g/mol. The van der Waals surface area contributed by atoms with Crippen LogP contribution in [0.1, 0.15) is 24.8 Å². The molecule has 2 aliphatic rings. The van der Waals surface area contributed by atoms with Crippen LogP contribution in [0.2, 0.25) is 0 Å². The third-order valence-electron chi connectivity index (χ3n) is 4.69. The molecule has 5 heteroatoms. The normalized spacial score (nSPS) is 21.0. The van der Waals surface area contributed by atoms with Crippen molar-refractivity contribution in [3.63, 3.8) is 0 Å². The molecule has 2 aliphatic heterocycles. The van der Waals surface area contributed by atoms with Gasteiger partial charge < -0.3 is 4.90 Å². The topological polar surface area (TPSA) is 39.7 Å². The van der Waals surface area contributed by atoms with Gasteiger partial charge in [0.15, 0.2) is 0 Å². The number of rotatable bonds is 4. The summed E-state index contributed by atoms with van der Waals surface area (Å²) in [5, 5.41) is 0. The van der Waals surface area contributed by atoms with E-state index in [1.54, 1.807) is 0 Å². The molecule has 0 bridgehead atoms. The summed E-state index contributed by atoms with van der Waals surface area (Å²) in [6.45, 7) is 7.56. The molecule has 0 radical (unpaired) electrons. The smallest absolute Gasteiger partial charge is 0.236 e. The summed E-state index contributed by atoms with van der Waals surface area (Å²) in [7, 11) is 0. The summed E-state index contributed by atoms with van der Waals surface area (Å²) in [4.78, 5) is 23.2. The van der Waals surface area contributed by atoms with Gasteiger partial charge in [-0.25, -0.2) is 0 Å². The van der Waals surface area contributed by atoms with E-state index in [2.05, 4.69) is 26.9 Å². The van der Waals surface area contributed by atoms with Crippen LogP contribution < -0.4 is 0 Å². The summed E-state index contributed by atoms with van der Waals surface area (Å²) in [6.07, 6.45) is 7.32. The van der Waals surface area contributed by atoms with Crippen LogP contribution in [0.25, 0.3) is 0 Å². The second-order valence-corrected chi connectivity index (χ2v) is 6.35. The molecule has 3 heterocycles. The number of hydrogen-bond donors (Lipinski definition) is 0. The summed E-state index contributed by atoms with van der Waals surface area (Å²) >= 11 is 0. The predicted octanol–water partition coefficient (Wildman–Crippen LogP) is 1.21. The zero-order chi connectivity index (χ0) is 15.2. The molecule has 1 amide bonds. The van der Waals surface area contributed by atoms with Gasteiger partial charge in [-0.15, -0.1) is 0 Å². The summed E-state index contributed by atoms with van der Waals surface area (Å²) in [6, 6.07) is 4.15. The second-order valence-electron chi connectivity index (χ2n) is 6.35. The van der Waals surface area contributed by atoms with Crippen molar-refractivity contribution in [2.24, 2.45) is 0 Å². The highest BCUT2D eigenvalue weighted by molar-refractivity contribution is 5.78. The minimum atomic E-state index is 0.322. The molecule has 0 aromatic carbocycles. The maximum atomic E-state index is 12.3. The molecule has 120 valence electrons. The van der Waals surface area contributed by atoms with E-state index in [0.717, 1.165) is 45.8 Å². The second kappa shape index (κ2) is 7.70. The molecule has 0 unspecified atom stereocenters. The Morgan fingerprint density at radius 1 is 0.909 bits per heavy atom. The van der Waals surface area contributed by atoms with E-state index >= 15 is 0 Å². The molecule has 2 saturated heterocycles. The Morgan fingerprint density at radius 3 is 2.23 bits per heavy atom. The summed E-state index contributed by atoms with van der Waals surface area (Å²) in [5.41, 5.74) is 1.31. The molecule has 3 rings (SSSR count). The van der Waals surface area contributed by atoms with Crippen LogP contribution in [0.4, 0.5) is 0 Å². The van der Waals surface area contributed by atoms with E-state index in [0.29, 0.717) is 12.5 Å². The van der Waals surface area contributed by atoms with E-state index in [1.165, 1.54) is 24.8 Å². The SMILES string of the molecule is O=C(CN1CCN(Cc2ccncc2)CC1)N1CCCCC1. The van der Waals surface area contributed by atoms with E-state index in [4.69, 9.17) is 0 Å². The van der Waals surface area contributed by atoms with Crippen LogP contribution in [0.15, 0.2) is 24.5 Å². The van der Waals surface area contributed by atoms with Crippen molar-refractivity contribution < 1.29 is 4.79 Å². The van der Waals surface area contributed by atoms with Crippen LogP contribution in [0.5, 0.6) is 0 Å². The zero-order valence-corrected chi connectivity index (χ0v) is 13.3. The van der Waals surface area contributed by atoms with Gasteiger partial charge in [-0.05, 0) is 37.0 Å². The monoisotopic (exact) mass is 302 g/mol. The van der Waals surface area contributed by atoms with Crippen molar-refractivity contribution in [2.45, 2.75) is 25.8 Å². The van der Waals surface area contributed by atoms with Crippen LogP contribution in [-0.4, -0.2) is 71.4 Å². The zero-order valence-electron chi connectivity index (χ0n) is 13.3. The lowest BCUT2D eigenvalue weighted by Crippen LogP contribution is -2.50. The van der Waals surface area contributed by atoms with Crippen LogP contribution >= 0.6 is 0 Å². The van der Waals surface area contributed by atoms with Crippen LogP contribution in [0, 0.1) is 0 Å². The summed E-state index contributed by atoms with van der Waals surface area (Å²) in [5.74, 6) is 0.322. The van der Waals surface area contributed by atoms with Crippen molar-refractivity contribution in [1.29, 1.82) is 0 Å². The molecule has 1 aromatic rings. The van der Waals surface area contributed by atoms with Gasteiger partial charge in [-0.3, -0.25) is 19.6 Å². The Labute approximate surface area is 132 Å². The predicted molar refractivity (Wildman–Crippen MR) is 86.4 cm³/mol. The number of nitrogens with zero attached hydrogens (tertiary/aromatic N) is 4. The Bertz CT molecular complexity index is 465. The first-order valence-corrected chi connectivity index (χ1v) is 8.43. The van der Waals surface area contributed by atoms with E-state index in [-0.39, 0.29) is 0 Å². The molecule has 0 saturated carbocycles. The quantitative estimate of drug-likeness (QED) is 0.838. The van der Waals surface area contributed by atoms with E-state index in [9.17, 15) is 4.79 Å². The van der Waals surface area contributed by atoms with Crippen LogP contribution in [0.3, 0.4) is 0 Å². The lowest BCUT2D eigenvalue weighted by molar-refractivity contribution is -0.133. The number of carbonyl (C=O) groups is 1. The number of piperidine rings is 1. The number of likely N-dealkylation sites (tertiary alicyclic amines) is 1. The van der Waals surface area contributed by atoms with Gasteiger partial charge in [0.25, 0.3) is 0 Å². The fourth-order valence-corrected chi connectivity index (χ4v) is 3.29. The molecule has 2 fully saturated rings. The number of pyridine rings is 1. The Hall–Kier alpha value is -1.46. The van der Waals surface area contributed by atoms with Gasteiger partial charge >= 0.3 is 0 Å². The third-order valence-corrected chi connectivity index (χ3v) is 4.69. The van der Waals surface area contributed by atoms with Gasteiger partial charge in [0.2, 0.25) is 5.91 Å². The average Bonchev–Trinajstić information content (AvgIpc) is 2.58. The van der Waals surface area contributed by atoms with Gasteiger partial charge in [0.05, 0.1) is 6.54 Å². The van der Waals surface area contributed by atoms with E-state index < -0.39 is 0 Å². The summed E-state index contributed by atoms with van der Waals surface area (Å²) < 4.78 is 0. The number of piperazine rings is 1. The molecule has 0 spiro atoms. The van der Waals surface area contributed by atoms with Gasteiger partial charge in [0.1, 0.15) is 0 Å². The number of hydrogen-bond acceptors (Lipinski definition) is 4. The lowest BCUT2D eigenvalue weighted by atomic mass is 10.1.